The normalized spacial score (nSPS) is 15.2. The highest BCUT2D eigenvalue weighted by molar-refractivity contribution is 9.10. The monoisotopic (exact) mass is 702 g/mol. The predicted octanol–water partition coefficient (Wildman–Crippen LogP) is 5.70. The Morgan fingerprint density at radius 2 is 1.81 bits per heavy atom. The van der Waals surface area contributed by atoms with Crippen LogP contribution in [-0.2, 0) is 16.1 Å². The van der Waals surface area contributed by atoms with Crippen LogP contribution in [0.1, 0.15) is 36.6 Å². The molecule has 4 aromatic carbocycles. The van der Waals surface area contributed by atoms with Crippen molar-refractivity contribution in [3.05, 3.63) is 111 Å². The Balaban J connectivity index is 1.17. The second-order valence-corrected chi connectivity index (χ2v) is 11.4. The van der Waals surface area contributed by atoms with Gasteiger partial charge < -0.3 is 34.7 Å². The average molecular weight is 704 g/mol. The molecular formula is C35H35BrN4O7. The molecule has 5 rings (SSSR count). The van der Waals surface area contributed by atoms with Gasteiger partial charge in [-0.05, 0) is 87.6 Å². The summed E-state index contributed by atoms with van der Waals surface area (Å²) in [6.45, 7) is 4.07. The summed E-state index contributed by atoms with van der Waals surface area (Å²) in [5, 5.41) is 22.3. The van der Waals surface area contributed by atoms with Crippen LogP contribution in [0.4, 0.5) is 4.79 Å². The molecule has 4 aromatic rings. The van der Waals surface area contributed by atoms with Crippen LogP contribution in [0.2, 0.25) is 0 Å². The fraction of sp³-hybridized carbons (Fsp3) is 0.229. The quantitative estimate of drug-likeness (QED) is 0.0602. The number of amides is 2. The molecule has 0 bridgehead atoms. The number of fused-ring (bicyclic) bond motifs is 1. The number of nitrogens with one attached hydrogen (secondary N) is 3. The highest BCUT2D eigenvalue weighted by Gasteiger charge is 2.32. The third kappa shape index (κ3) is 8.21. The van der Waals surface area contributed by atoms with Gasteiger partial charge in [0.1, 0.15) is 19.0 Å². The van der Waals surface area contributed by atoms with E-state index in [-0.39, 0.29) is 12.2 Å². The topological polar surface area (TPSA) is 140 Å². The first-order chi connectivity index (χ1) is 22.8. The lowest BCUT2D eigenvalue weighted by molar-refractivity contribution is -0.136. The molecule has 0 aromatic heterocycles. The third-order valence-corrected chi connectivity index (χ3v) is 7.95. The second kappa shape index (κ2) is 15.5. The van der Waals surface area contributed by atoms with Crippen LogP contribution >= 0.6 is 15.9 Å². The maximum atomic E-state index is 12.5. The van der Waals surface area contributed by atoms with E-state index in [0.29, 0.717) is 41.7 Å². The molecule has 2 atom stereocenters. The standard InChI is InChI=1S/C35H35BrN4O7/c1-4-45-30-17-24(33-32(34(42)44-3)21(2)38-35(43)39-33)13-15-29(30)47-20-31(41)40-37-18-22-12-14-28(27(36)16-22)46-19-25-10-7-9-23-8-5-6-11-26(23)25/h5-18,31,33,40-41H,4,19-20H2,1-3H3,(H2,38,39,43)/b37-18-/t31-,33-/m1/s1. The molecule has 0 aliphatic carbocycles. The zero-order chi connectivity index (χ0) is 33.3. The summed E-state index contributed by atoms with van der Waals surface area (Å²) in [5.41, 5.74) is 5.79. The number of hydrogen-bond donors (Lipinski definition) is 4. The van der Waals surface area contributed by atoms with E-state index in [9.17, 15) is 14.7 Å². The van der Waals surface area contributed by atoms with E-state index in [0.717, 1.165) is 21.0 Å². The number of allylic oxidation sites excluding steroid dienone is 1. The molecule has 0 saturated carbocycles. The molecule has 0 unspecified atom stereocenters. The molecular weight excluding hydrogens is 668 g/mol. The molecule has 0 radical (unpaired) electrons. The Hall–Kier alpha value is -5.07. The number of benzene rings is 4. The summed E-state index contributed by atoms with van der Waals surface area (Å²) in [4.78, 5) is 24.6. The van der Waals surface area contributed by atoms with Crippen molar-refractivity contribution in [2.75, 3.05) is 20.3 Å². The van der Waals surface area contributed by atoms with Crippen molar-refractivity contribution in [1.82, 2.24) is 16.1 Å². The first-order valence-electron chi connectivity index (χ1n) is 14.9. The number of aliphatic hydroxyl groups excluding tert-OH is 1. The van der Waals surface area contributed by atoms with Gasteiger partial charge in [-0.3, -0.25) is 5.43 Å². The van der Waals surface area contributed by atoms with E-state index in [1.165, 1.54) is 12.5 Å². The predicted molar refractivity (Wildman–Crippen MR) is 181 cm³/mol. The van der Waals surface area contributed by atoms with Crippen molar-refractivity contribution in [3.8, 4) is 17.2 Å². The van der Waals surface area contributed by atoms with Gasteiger partial charge in [0.15, 0.2) is 17.7 Å². The lowest BCUT2D eigenvalue weighted by Crippen LogP contribution is -2.45. The van der Waals surface area contributed by atoms with Crippen LogP contribution in [0.5, 0.6) is 17.2 Å². The average Bonchev–Trinajstić information content (AvgIpc) is 3.06. The molecule has 2 amide bonds. The first-order valence-corrected chi connectivity index (χ1v) is 15.7. The van der Waals surface area contributed by atoms with E-state index < -0.39 is 24.3 Å². The minimum absolute atomic E-state index is 0.141. The minimum atomic E-state index is -1.13. The minimum Gasteiger partial charge on any atom is -0.490 e. The number of halogens is 1. The van der Waals surface area contributed by atoms with E-state index in [1.807, 2.05) is 43.3 Å². The van der Waals surface area contributed by atoms with Crippen LogP contribution in [-0.4, -0.2) is 49.9 Å². The highest BCUT2D eigenvalue weighted by atomic mass is 79.9. The van der Waals surface area contributed by atoms with Crippen molar-refractivity contribution >= 4 is 44.9 Å². The van der Waals surface area contributed by atoms with E-state index >= 15 is 0 Å². The number of aliphatic hydroxyl groups is 1. The zero-order valence-corrected chi connectivity index (χ0v) is 27.7. The second-order valence-electron chi connectivity index (χ2n) is 10.5. The number of ether oxygens (including phenoxy) is 4. The number of urea groups is 1. The van der Waals surface area contributed by atoms with Gasteiger partial charge in [0.2, 0.25) is 0 Å². The maximum absolute atomic E-state index is 12.5. The maximum Gasteiger partial charge on any atom is 0.337 e. The summed E-state index contributed by atoms with van der Waals surface area (Å²) < 4.78 is 23.4. The molecule has 47 heavy (non-hydrogen) atoms. The van der Waals surface area contributed by atoms with Crippen molar-refractivity contribution < 1.29 is 33.6 Å². The molecule has 1 heterocycles. The number of hydrogen-bond acceptors (Lipinski definition) is 9. The lowest BCUT2D eigenvalue weighted by atomic mass is 9.95. The highest BCUT2D eigenvalue weighted by Crippen LogP contribution is 2.35. The number of carbonyl (C=O) groups is 2. The number of hydrazone groups is 1. The smallest absolute Gasteiger partial charge is 0.337 e. The van der Waals surface area contributed by atoms with Crippen LogP contribution in [0.25, 0.3) is 10.8 Å². The number of esters is 1. The Morgan fingerprint density at radius 3 is 2.60 bits per heavy atom. The van der Waals surface area contributed by atoms with E-state index in [2.05, 4.69) is 61.4 Å². The summed E-state index contributed by atoms with van der Waals surface area (Å²) in [6.07, 6.45) is 0.442. The number of rotatable bonds is 13. The Kier molecular flexibility index (Phi) is 11.0. The zero-order valence-electron chi connectivity index (χ0n) is 26.1. The number of carbonyl (C=O) groups excluding carboxylic acids is 2. The number of nitrogens with zero attached hydrogens (tertiary/aromatic N) is 1. The molecule has 244 valence electrons. The van der Waals surface area contributed by atoms with E-state index in [4.69, 9.17) is 18.9 Å². The Bertz CT molecular complexity index is 1820. The summed E-state index contributed by atoms with van der Waals surface area (Å²) in [5.74, 6) is 0.872. The van der Waals surface area contributed by atoms with Gasteiger partial charge in [-0.15, -0.1) is 0 Å². The summed E-state index contributed by atoms with van der Waals surface area (Å²) in [7, 11) is 1.28. The molecule has 1 aliphatic heterocycles. The molecule has 1 aliphatic rings. The lowest BCUT2D eigenvalue weighted by Gasteiger charge is -2.28. The third-order valence-electron chi connectivity index (χ3n) is 7.33. The van der Waals surface area contributed by atoms with E-state index in [1.54, 1.807) is 31.3 Å². The van der Waals surface area contributed by atoms with Crippen molar-refractivity contribution in [2.24, 2.45) is 5.10 Å². The van der Waals surface area contributed by atoms with Crippen LogP contribution in [0, 0.1) is 0 Å². The Morgan fingerprint density at radius 1 is 1.02 bits per heavy atom. The van der Waals surface area contributed by atoms with Gasteiger partial charge >= 0.3 is 12.0 Å². The van der Waals surface area contributed by atoms with Crippen LogP contribution in [0.3, 0.4) is 0 Å². The van der Waals surface area contributed by atoms with Gasteiger partial charge in [-0.1, -0.05) is 48.5 Å². The van der Waals surface area contributed by atoms with Gasteiger partial charge in [0, 0.05) is 5.70 Å². The molecule has 0 spiro atoms. The first kappa shape index (κ1) is 33.3. The van der Waals surface area contributed by atoms with Crippen LogP contribution < -0.4 is 30.3 Å². The molecule has 4 N–H and O–H groups in total. The Labute approximate surface area is 280 Å². The molecule has 11 nitrogen and oxygen atoms in total. The number of methoxy groups -OCH3 is 1. The summed E-state index contributed by atoms with van der Waals surface area (Å²) >= 11 is 3.57. The molecule has 0 fully saturated rings. The van der Waals surface area contributed by atoms with Gasteiger partial charge in [-0.2, -0.15) is 5.10 Å². The largest absolute Gasteiger partial charge is 0.490 e. The van der Waals surface area contributed by atoms with Crippen molar-refractivity contribution in [1.29, 1.82) is 0 Å². The van der Waals surface area contributed by atoms with Gasteiger partial charge in [0.25, 0.3) is 0 Å². The van der Waals surface area contributed by atoms with Gasteiger partial charge in [0.05, 0.1) is 36.0 Å². The van der Waals surface area contributed by atoms with Crippen molar-refractivity contribution in [2.45, 2.75) is 32.7 Å². The summed E-state index contributed by atoms with van der Waals surface area (Å²) in [6, 6.07) is 23.8. The molecule has 0 saturated heterocycles. The fourth-order valence-corrected chi connectivity index (χ4v) is 5.62. The van der Waals surface area contributed by atoms with Gasteiger partial charge in [-0.25, -0.2) is 9.59 Å². The fourth-order valence-electron chi connectivity index (χ4n) is 5.11. The van der Waals surface area contributed by atoms with Crippen LogP contribution in [0.15, 0.2) is 99.7 Å². The SMILES string of the molecule is CCOc1cc([C@H]2NC(=O)NC(C)=C2C(=O)OC)ccc1OC[C@@H](O)N/N=C\c1ccc(OCc2cccc3ccccc23)c(Br)c1. The van der Waals surface area contributed by atoms with Crippen molar-refractivity contribution in [3.63, 3.8) is 0 Å². The molecule has 12 heteroatoms.